The fraction of sp³-hybridized carbons (Fsp3) is 0.103. The van der Waals surface area contributed by atoms with Crippen molar-refractivity contribution in [1.82, 2.24) is 0 Å². The molecule has 0 spiro atoms. The number of carbonyl (C=O) groups is 2. The highest BCUT2D eigenvalue weighted by atomic mass is 35.5. The molecule has 0 saturated heterocycles. The molecule has 0 aliphatic heterocycles. The van der Waals surface area contributed by atoms with Crippen molar-refractivity contribution in [2.75, 3.05) is 10.6 Å². The molecule has 4 aromatic carbocycles. The predicted molar refractivity (Wildman–Crippen MR) is 145 cm³/mol. The molecule has 0 aliphatic carbocycles. The van der Waals surface area contributed by atoms with E-state index in [1.807, 2.05) is 86.6 Å². The normalized spacial score (nSPS) is 11.5. The molecule has 0 bridgehead atoms. The molecule has 0 radical (unpaired) electrons. The zero-order valence-electron chi connectivity index (χ0n) is 19.4. The number of aryl methyl sites for hydroxylation is 2. The van der Waals surface area contributed by atoms with Crippen LogP contribution in [0.2, 0.25) is 5.02 Å². The summed E-state index contributed by atoms with van der Waals surface area (Å²) in [5.41, 5.74) is 4.92. The highest BCUT2D eigenvalue weighted by molar-refractivity contribution is 8.00. The second-order valence-corrected chi connectivity index (χ2v) is 9.82. The molecule has 1 unspecified atom stereocenters. The standard InChI is InChI=1S/C29H25ClN2O2S/c1-19-8-11-22(12-9-19)28(33)31-24-14-16-25(17-15-24)35-27(21-6-4-3-5-7-21)29(34)32-26-18-23(30)13-10-20(26)2/h3-18,27H,1-2H3,(H,31,33)(H,32,34). The van der Waals surface area contributed by atoms with Gasteiger partial charge < -0.3 is 10.6 Å². The molecule has 0 heterocycles. The van der Waals surface area contributed by atoms with Gasteiger partial charge in [0.25, 0.3) is 5.91 Å². The van der Waals surface area contributed by atoms with Crippen LogP contribution in [0, 0.1) is 13.8 Å². The zero-order chi connectivity index (χ0) is 24.8. The zero-order valence-corrected chi connectivity index (χ0v) is 21.0. The Labute approximate surface area is 214 Å². The van der Waals surface area contributed by atoms with E-state index in [-0.39, 0.29) is 11.8 Å². The van der Waals surface area contributed by atoms with Gasteiger partial charge >= 0.3 is 0 Å². The van der Waals surface area contributed by atoms with Crippen molar-refractivity contribution in [2.24, 2.45) is 0 Å². The number of thioether (sulfide) groups is 1. The summed E-state index contributed by atoms with van der Waals surface area (Å²) in [6, 6.07) is 30.0. The van der Waals surface area contributed by atoms with Gasteiger partial charge in [-0.1, -0.05) is 65.7 Å². The van der Waals surface area contributed by atoms with E-state index in [0.717, 1.165) is 21.6 Å². The Bertz CT molecular complexity index is 1320. The molecule has 4 aromatic rings. The Hall–Kier alpha value is -3.54. The molecule has 0 aromatic heterocycles. The molecule has 0 saturated carbocycles. The van der Waals surface area contributed by atoms with Crippen molar-refractivity contribution in [2.45, 2.75) is 24.0 Å². The van der Waals surface area contributed by atoms with Crippen LogP contribution < -0.4 is 10.6 Å². The molecule has 0 aliphatic rings. The lowest BCUT2D eigenvalue weighted by atomic mass is 10.1. The second kappa shape index (κ2) is 11.3. The van der Waals surface area contributed by atoms with Crippen LogP contribution in [0.5, 0.6) is 0 Å². The molecule has 0 fully saturated rings. The Balaban J connectivity index is 1.50. The minimum Gasteiger partial charge on any atom is -0.325 e. The number of halogens is 1. The van der Waals surface area contributed by atoms with Crippen LogP contribution in [-0.2, 0) is 4.79 Å². The molecule has 2 amide bonds. The first-order valence-corrected chi connectivity index (χ1v) is 12.4. The summed E-state index contributed by atoms with van der Waals surface area (Å²) >= 11 is 7.58. The van der Waals surface area contributed by atoms with Gasteiger partial charge in [0, 0.05) is 26.9 Å². The molecule has 1 atom stereocenters. The van der Waals surface area contributed by atoms with Crippen molar-refractivity contribution < 1.29 is 9.59 Å². The van der Waals surface area contributed by atoms with E-state index in [2.05, 4.69) is 10.6 Å². The summed E-state index contributed by atoms with van der Waals surface area (Å²) in [7, 11) is 0. The maximum atomic E-state index is 13.3. The van der Waals surface area contributed by atoms with Crippen molar-refractivity contribution in [3.8, 4) is 0 Å². The third-order valence-corrected chi connectivity index (χ3v) is 6.98. The van der Waals surface area contributed by atoms with E-state index in [9.17, 15) is 9.59 Å². The van der Waals surface area contributed by atoms with Crippen LogP contribution in [0.1, 0.15) is 32.3 Å². The number of carbonyl (C=O) groups excluding carboxylic acids is 2. The van der Waals surface area contributed by atoms with Crippen LogP contribution in [-0.4, -0.2) is 11.8 Å². The van der Waals surface area contributed by atoms with Gasteiger partial charge in [-0.2, -0.15) is 0 Å². The maximum absolute atomic E-state index is 13.3. The van der Waals surface area contributed by atoms with Gasteiger partial charge in [-0.15, -0.1) is 11.8 Å². The van der Waals surface area contributed by atoms with Gasteiger partial charge in [-0.25, -0.2) is 0 Å². The fourth-order valence-corrected chi connectivity index (χ4v) is 4.69. The van der Waals surface area contributed by atoms with E-state index in [4.69, 9.17) is 11.6 Å². The average Bonchev–Trinajstić information content (AvgIpc) is 2.86. The first-order valence-electron chi connectivity index (χ1n) is 11.2. The summed E-state index contributed by atoms with van der Waals surface area (Å²) in [5, 5.41) is 6.04. The second-order valence-electron chi connectivity index (χ2n) is 8.20. The fourth-order valence-electron chi connectivity index (χ4n) is 3.49. The minimum atomic E-state index is -0.470. The summed E-state index contributed by atoms with van der Waals surface area (Å²) in [5.74, 6) is -0.299. The van der Waals surface area contributed by atoms with E-state index in [1.54, 1.807) is 24.3 Å². The molecule has 4 nitrogen and oxygen atoms in total. The lowest BCUT2D eigenvalue weighted by Gasteiger charge is -2.18. The van der Waals surface area contributed by atoms with E-state index in [1.165, 1.54) is 11.8 Å². The third-order valence-electron chi connectivity index (χ3n) is 5.48. The summed E-state index contributed by atoms with van der Waals surface area (Å²) < 4.78 is 0. The van der Waals surface area contributed by atoms with Gasteiger partial charge in [0.05, 0.1) is 0 Å². The van der Waals surface area contributed by atoms with Crippen molar-refractivity contribution in [1.29, 1.82) is 0 Å². The Morgan fingerprint density at radius 3 is 2.17 bits per heavy atom. The Morgan fingerprint density at radius 2 is 1.49 bits per heavy atom. The van der Waals surface area contributed by atoms with E-state index in [0.29, 0.717) is 22.0 Å². The largest absolute Gasteiger partial charge is 0.325 e. The lowest BCUT2D eigenvalue weighted by Crippen LogP contribution is -2.19. The monoisotopic (exact) mass is 500 g/mol. The molecule has 176 valence electrons. The highest BCUT2D eigenvalue weighted by Crippen LogP contribution is 2.37. The van der Waals surface area contributed by atoms with E-state index >= 15 is 0 Å². The minimum absolute atomic E-state index is 0.136. The maximum Gasteiger partial charge on any atom is 0.255 e. The number of hydrogen-bond donors (Lipinski definition) is 2. The topological polar surface area (TPSA) is 58.2 Å². The van der Waals surface area contributed by atoms with Crippen LogP contribution in [0.15, 0.2) is 102 Å². The molecule has 2 N–H and O–H groups in total. The van der Waals surface area contributed by atoms with Crippen molar-refractivity contribution >= 4 is 46.6 Å². The van der Waals surface area contributed by atoms with Gasteiger partial charge in [0.15, 0.2) is 0 Å². The van der Waals surface area contributed by atoms with Crippen LogP contribution in [0.3, 0.4) is 0 Å². The summed E-state index contributed by atoms with van der Waals surface area (Å²) in [6.07, 6.45) is 0. The molecule has 35 heavy (non-hydrogen) atoms. The van der Waals surface area contributed by atoms with Crippen LogP contribution in [0.4, 0.5) is 11.4 Å². The number of hydrogen-bond acceptors (Lipinski definition) is 3. The molecule has 6 heteroatoms. The first kappa shape index (κ1) is 24.6. The van der Waals surface area contributed by atoms with Crippen molar-refractivity contribution in [3.63, 3.8) is 0 Å². The van der Waals surface area contributed by atoms with E-state index < -0.39 is 5.25 Å². The summed E-state index contributed by atoms with van der Waals surface area (Å²) in [6.45, 7) is 3.91. The third kappa shape index (κ3) is 6.53. The smallest absolute Gasteiger partial charge is 0.255 e. The Kier molecular flexibility index (Phi) is 7.91. The number of nitrogens with one attached hydrogen (secondary N) is 2. The van der Waals surface area contributed by atoms with Crippen LogP contribution >= 0.6 is 23.4 Å². The van der Waals surface area contributed by atoms with Crippen molar-refractivity contribution in [3.05, 3.63) is 124 Å². The summed E-state index contributed by atoms with van der Waals surface area (Å²) in [4.78, 5) is 26.8. The lowest BCUT2D eigenvalue weighted by molar-refractivity contribution is -0.115. The average molecular weight is 501 g/mol. The quantitative estimate of drug-likeness (QED) is 0.256. The number of benzene rings is 4. The molecule has 4 rings (SSSR count). The number of amides is 2. The molecular weight excluding hydrogens is 476 g/mol. The van der Waals surface area contributed by atoms with Gasteiger partial charge in [0.2, 0.25) is 5.91 Å². The molecular formula is C29H25ClN2O2S. The van der Waals surface area contributed by atoms with Gasteiger partial charge in [0.1, 0.15) is 5.25 Å². The van der Waals surface area contributed by atoms with Crippen LogP contribution in [0.25, 0.3) is 0 Å². The highest BCUT2D eigenvalue weighted by Gasteiger charge is 2.23. The first-order chi connectivity index (χ1) is 16.9. The van der Waals surface area contributed by atoms with Gasteiger partial charge in [-0.3, -0.25) is 9.59 Å². The van der Waals surface area contributed by atoms with Gasteiger partial charge in [-0.05, 0) is 73.5 Å². The Morgan fingerprint density at radius 1 is 0.800 bits per heavy atom. The number of rotatable bonds is 7. The number of anilines is 2. The predicted octanol–water partition coefficient (Wildman–Crippen LogP) is 7.68. The SMILES string of the molecule is Cc1ccc(C(=O)Nc2ccc(SC(C(=O)Nc3cc(Cl)ccc3C)c3ccccc3)cc2)cc1.